The number of methoxy groups -OCH3 is 2. The molecule has 0 aliphatic heterocycles. The smallest absolute Gasteiger partial charge is 0.332 e. The molecule has 0 spiro atoms. The SMILES string of the molecule is COCC(=O)OCc1nc2ccc(OC)cc2[n+]([O-])c1C(C)=O. The van der Waals surface area contributed by atoms with Crippen molar-refractivity contribution in [2.24, 2.45) is 0 Å². The van der Waals surface area contributed by atoms with Crippen LogP contribution in [0.2, 0.25) is 0 Å². The van der Waals surface area contributed by atoms with Gasteiger partial charge in [-0.3, -0.25) is 4.79 Å². The largest absolute Gasteiger partial charge is 0.618 e. The van der Waals surface area contributed by atoms with E-state index in [1.165, 1.54) is 27.2 Å². The lowest BCUT2D eigenvalue weighted by Crippen LogP contribution is -2.37. The van der Waals surface area contributed by atoms with Crippen molar-refractivity contribution in [1.82, 2.24) is 4.98 Å². The quantitative estimate of drug-likeness (QED) is 0.335. The van der Waals surface area contributed by atoms with Crippen LogP contribution in [0.4, 0.5) is 0 Å². The van der Waals surface area contributed by atoms with E-state index in [2.05, 4.69) is 9.72 Å². The van der Waals surface area contributed by atoms with Gasteiger partial charge in [0.2, 0.25) is 11.3 Å². The van der Waals surface area contributed by atoms with Crippen LogP contribution in [-0.2, 0) is 20.9 Å². The number of aromatic nitrogens is 2. The Labute approximate surface area is 132 Å². The van der Waals surface area contributed by atoms with Crippen LogP contribution in [-0.4, -0.2) is 37.6 Å². The topological polar surface area (TPSA) is 102 Å². The molecular weight excluding hydrogens is 304 g/mol. The normalized spacial score (nSPS) is 10.6. The molecule has 0 atom stereocenters. The lowest BCUT2D eigenvalue weighted by atomic mass is 10.2. The van der Waals surface area contributed by atoms with Gasteiger partial charge in [0.1, 0.15) is 24.5 Å². The number of ketones is 1. The number of esters is 1. The number of hydrogen-bond acceptors (Lipinski definition) is 7. The minimum absolute atomic E-state index is 0.0922. The molecule has 2 aromatic rings. The van der Waals surface area contributed by atoms with Crippen molar-refractivity contribution in [3.05, 3.63) is 34.8 Å². The lowest BCUT2D eigenvalue weighted by Gasteiger charge is -2.11. The number of ether oxygens (including phenoxy) is 3. The Morgan fingerprint density at radius 1 is 1.30 bits per heavy atom. The number of fused-ring (bicyclic) bond motifs is 1. The second-order valence-electron chi connectivity index (χ2n) is 4.71. The fourth-order valence-electron chi connectivity index (χ4n) is 2.08. The van der Waals surface area contributed by atoms with Crippen molar-refractivity contribution >= 4 is 22.8 Å². The molecule has 23 heavy (non-hydrogen) atoms. The van der Waals surface area contributed by atoms with Crippen LogP contribution in [0, 0.1) is 5.21 Å². The Bertz CT molecular complexity index is 759. The second-order valence-corrected chi connectivity index (χ2v) is 4.71. The number of carbonyl (C=O) groups is 2. The molecule has 8 nitrogen and oxygen atoms in total. The number of nitrogens with zero attached hydrogens (tertiary/aromatic N) is 2. The van der Waals surface area contributed by atoms with Gasteiger partial charge in [-0.1, -0.05) is 0 Å². The molecule has 1 heterocycles. The van der Waals surface area contributed by atoms with Gasteiger partial charge < -0.3 is 19.4 Å². The second kappa shape index (κ2) is 7.01. The van der Waals surface area contributed by atoms with Gasteiger partial charge in [-0.25, -0.2) is 9.78 Å². The summed E-state index contributed by atoms with van der Waals surface area (Å²) in [5.41, 5.74) is 0.482. The van der Waals surface area contributed by atoms with Crippen LogP contribution in [0.1, 0.15) is 23.1 Å². The third-order valence-electron chi connectivity index (χ3n) is 3.10. The molecule has 122 valence electrons. The average Bonchev–Trinajstić information content (AvgIpc) is 2.52. The van der Waals surface area contributed by atoms with Crippen LogP contribution in [0.25, 0.3) is 11.0 Å². The van der Waals surface area contributed by atoms with Crippen molar-refractivity contribution < 1.29 is 28.5 Å². The van der Waals surface area contributed by atoms with Gasteiger partial charge in [0, 0.05) is 14.0 Å². The molecule has 8 heteroatoms. The van der Waals surface area contributed by atoms with Crippen molar-refractivity contribution in [3.8, 4) is 5.75 Å². The molecule has 1 aromatic heterocycles. The number of Topliss-reactive ketones (excluding diaryl/α,β-unsaturated/α-hetero) is 1. The maximum atomic E-state index is 12.5. The van der Waals surface area contributed by atoms with Crippen molar-refractivity contribution in [3.63, 3.8) is 0 Å². The van der Waals surface area contributed by atoms with Crippen LogP contribution in [0.5, 0.6) is 5.75 Å². The zero-order chi connectivity index (χ0) is 17.0. The average molecular weight is 320 g/mol. The van der Waals surface area contributed by atoms with Gasteiger partial charge in [0.25, 0.3) is 5.69 Å². The Kier molecular flexibility index (Phi) is 5.07. The van der Waals surface area contributed by atoms with E-state index in [1.54, 1.807) is 12.1 Å². The molecule has 0 aliphatic rings. The zero-order valence-corrected chi connectivity index (χ0v) is 13.0. The molecule has 0 fully saturated rings. The van der Waals surface area contributed by atoms with E-state index in [9.17, 15) is 14.8 Å². The van der Waals surface area contributed by atoms with Gasteiger partial charge in [-0.2, -0.15) is 4.73 Å². The minimum atomic E-state index is -0.615. The molecule has 0 saturated heterocycles. The monoisotopic (exact) mass is 320 g/mol. The summed E-state index contributed by atoms with van der Waals surface area (Å²) in [6.45, 7) is 0.733. The summed E-state index contributed by atoms with van der Waals surface area (Å²) in [5, 5.41) is 12.5. The molecule has 0 unspecified atom stereocenters. The van der Waals surface area contributed by atoms with Crippen LogP contribution in [0.3, 0.4) is 0 Å². The highest BCUT2D eigenvalue weighted by Gasteiger charge is 2.24. The minimum Gasteiger partial charge on any atom is -0.618 e. The summed E-state index contributed by atoms with van der Waals surface area (Å²) in [6.07, 6.45) is 0. The Morgan fingerprint density at radius 2 is 2.04 bits per heavy atom. The van der Waals surface area contributed by atoms with E-state index in [1.807, 2.05) is 0 Å². The highest BCUT2D eigenvalue weighted by atomic mass is 16.6. The van der Waals surface area contributed by atoms with Crippen molar-refractivity contribution in [1.29, 1.82) is 0 Å². The lowest BCUT2D eigenvalue weighted by molar-refractivity contribution is -0.580. The molecule has 1 aromatic carbocycles. The standard InChI is InChI=1S/C15H16N2O6/c1-9(18)15-12(7-23-14(19)8-21-2)16-11-5-4-10(22-3)6-13(11)17(15)20/h4-6H,7-8H2,1-3H3. The van der Waals surface area contributed by atoms with Crippen LogP contribution >= 0.6 is 0 Å². The molecular formula is C15H16N2O6. The Hall–Kier alpha value is -2.74. The maximum Gasteiger partial charge on any atom is 0.332 e. The highest BCUT2D eigenvalue weighted by Crippen LogP contribution is 2.18. The molecule has 0 bridgehead atoms. The molecule has 0 aliphatic carbocycles. The summed E-state index contributed by atoms with van der Waals surface area (Å²) in [5.74, 6) is -0.622. The first-order valence-electron chi connectivity index (χ1n) is 6.73. The maximum absolute atomic E-state index is 12.5. The van der Waals surface area contributed by atoms with Crippen molar-refractivity contribution in [2.75, 3.05) is 20.8 Å². The Balaban J connectivity index is 2.49. The summed E-state index contributed by atoms with van der Waals surface area (Å²) < 4.78 is 15.1. The highest BCUT2D eigenvalue weighted by molar-refractivity contribution is 5.93. The van der Waals surface area contributed by atoms with Crippen molar-refractivity contribution in [2.45, 2.75) is 13.5 Å². The Morgan fingerprint density at radius 3 is 2.65 bits per heavy atom. The molecule has 0 saturated carbocycles. The summed E-state index contributed by atoms with van der Waals surface area (Å²) in [4.78, 5) is 27.4. The van der Waals surface area contributed by atoms with Gasteiger partial charge in [0.15, 0.2) is 5.69 Å². The van der Waals surface area contributed by atoms with E-state index < -0.39 is 11.8 Å². The van der Waals surface area contributed by atoms with E-state index in [4.69, 9.17) is 9.47 Å². The number of rotatable bonds is 6. The van der Waals surface area contributed by atoms with Crippen LogP contribution in [0.15, 0.2) is 18.2 Å². The first-order valence-corrected chi connectivity index (χ1v) is 6.73. The first kappa shape index (κ1) is 16.6. The van der Waals surface area contributed by atoms with Gasteiger partial charge in [0.05, 0.1) is 13.2 Å². The molecule has 0 N–H and O–H groups in total. The van der Waals surface area contributed by atoms with Gasteiger partial charge >= 0.3 is 5.97 Å². The fraction of sp³-hybridized carbons (Fsp3) is 0.333. The summed E-state index contributed by atoms with van der Waals surface area (Å²) >= 11 is 0. The predicted octanol–water partition coefficient (Wildman–Crippen LogP) is 0.769. The van der Waals surface area contributed by atoms with E-state index in [0.29, 0.717) is 16.0 Å². The van der Waals surface area contributed by atoms with Gasteiger partial charge in [-0.05, 0) is 12.1 Å². The molecule has 2 rings (SSSR count). The number of hydrogen-bond donors (Lipinski definition) is 0. The number of benzene rings is 1. The molecule has 0 amide bonds. The molecule has 0 radical (unpaired) electrons. The van der Waals surface area contributed by atoms with E-state index in [-0.39, 0.29) is 30.1 Å². The van der Waals surface area contributed by atoms with E-state index >= 15 is 0 Å². The summed E-state index contributed by atoms with van der Waals surface area (Å²) in [6, 6.07) is 4.72. The third-order valence-corrected chi connectivity index (χ3v) is 3.10. The van der Waals surface area contributed by atoms with E-state index in [0.717, 1.165) is 0 Å². The first-order chi connectivity index (χ1) is 11.0. The zero-order valence-electron chi connectivity index (χ0n) is 13.0. The van der Waals surface area contributed by atoms with Gasteiger partial charge in [-0.15, -0.1) is 0 Å². The number of carbonyl (C=O) groups excluding carboxylic acids is 2. The summed E-state index contributed by atoms with van der Waals surface area (Å²) in [7, 11) is 2.83. The third kappa shape index (κ3) is 3.54. The fourth-order valence-corrected chi connectivity index (χ4v) is 2.08. The predicted molar refractivity (Wildman–Crippen MR) is 78.9 cm³/mol. The van der Waals surface area contributed by atoms with Crippen LogP contribution < -0.4 is 9.47 Å².